The van der Waals surface area contributed by atoms with Crippen LogP contribution in [0.2, 0.25) is 0 Å². The molecule has 1 aromatic carbocycles. The minimum Gasteiger partial charge on any atom is -0.474 e. The number of amides is 2. The van der Waals surface area contributed by atoms with Gasteiger partial charge in [0.1, 0.15) is 23.8 Å². The first-order valence-electron chi connectivity index (χ1n) is 10.2. The quantitative estimate of drug-likeness (QED) is 0.568. The maximum absolute atomic E-state index is 13.3. The van der Waals surface area contributed by atoms with Gasteiger partial charge in [0.05, 0.1) is 25.9 Å². The summed E-state index contributed by atoms with van der Waals surface area (Å²) in [5.41, 5.74) is 1.63. The topological polar surface area (TPSA) is 110 Å². The molecule has 9 nitrogen and oxygen atoms in total. The molecule has 0 spiro atoms. The highest BCUT2D eigenvalue weighted by Crippen LogP contribution is 2.35. The Balaban J connectivity index is 1.87. The first-order chi connectivity index (χ1) is 15.4. The third kappa shape index (κ3) is 5.71. The molecule has 172 valence electrons. The second kappa shape index (κ2) is 10.9. The standard InChI is InChI=1S/C22H26FN3O6/c1-14-13-32-21-18(26(14)22(28)29)12-16(11-15-3-5-17(23)6-4-15)19(25-21)20(27)24-7-8-31-10-9-30-2/h3-6,12,14H,7-11,13H2,1-2H3,(H,24,27)(H,28,29). The molecule has 1 aliphatic rings. The van der Waals surface area contributed by atoms with Crippen LogP contribution < -0.4 is 15.0 Å². The summed E-state index contributed by atoms with van der Waals surface area (Å²) in [4.78, 5) is 30.2. The van der Waals surface area contributed by atoms with Crippen LogP contribution in [-0.4, -0.2) is 68.2 Å². The van der Waals surface area contributed by atoms with Crippen LogP contribution in [0.1, 0.15) is 28.5 Å². The first kappa shape index (κ1) is 23.4. The lowest BCUT2D eigenvalue weighted by atomic mass is 10.0. The predicted molar refractivity (Wildman–Crippen MR) is 114 cm³/mol. The molecule has 1 unspecified atom stereocenters. The zero-order valence-corrected chi connectivity index (χ0v) is 18.0. The largest absolute Gasteiger partial charge is 0.474 e. The van der Waals surface area contributed by atoms with E-state index in [0.717, 1.165) is 5.56 Å². The van der Waals surface area contributed by atoms with Crippen LogP contribution in [0.3, 0.4) is 0 Å². The lowest BCUT2D eigenvalue weighted by Crippen LogP contribution is -2.45. The molecule has 0 saturated heterocycles. The van der Waals surface area contributed by atoms with Crippen LogP contribution >= 0.6 is 0 Å². The summed E-state index contributed by atoms with van der Waals surface area (Å²) >= 11 is 0. The van der Waals surface area contributed by atoms with Gasteiger partial charge in [-0.05, 0) is 42.7 Å². The van der Waals surface area contributed by atoms with E-state index < -0.39 is 18.0 Å². The van der Waals surface area contributed by atoms with Gasteiger partial charge in [-0.2, -0.15) is 0 Å². The van der Waals surface area contributed by atoms with E-state index >= 15 is 0 Å². The van der Waals surface area contributed by atoms with Crippen molar-refractivity contribution in [3.63, 3.8) is 0 Å². The molecule has 10 heteroatoms. The van der Waals surface area contributed by atoms with Crippen LogP contribution in [0.5, 0.6) is 5.88 Å². The maximum Gasteiger partial charge on any atom is 0.412 e. The lowest BCUT2D eigenvalue weighted by molar-refractivity contribution is 0.0691. The molecule has 2 aromatic rings. The van der Waals surface area contributed by atoms with Crippen LogP contribution in [0.4, 0.5) is 14.9 Å². The van der Waals surface area contributed by atoms with Gasteiger partial charge in [0, 0.05) is 13.7 Å². The Morgan fingerprint density at radius 2 is 2.03 bits per heavy atom. The van der Waals surface area contributed by atoms with Crippen molar-refractivity contribution in [3.05, 3.63) is 53.0 Å². The number of hydrogen-bond donors (Lipinski definition) is 2. The number of nitrogens with zero attached hydrogens (tertiary/aromatic N) is 2. The minimum absolute atomic E-state index is 0.0786. The van der Waals surface area contributed by atoms with Crippen LogP contribution in [0.15, 0.2) is 30.3 Å². The van der Waals surface area contributed by atoms with Gasteiger partial charge in [0.25, 0.3) is 5.91 Å². The van der Waals surface area contributed by atoms with Crippen molar-refractivity contribution in [1.82, 2.24) is 10.3 Å². The summed E-state index contributed by atoms with van der Waals surface area (Å²) in [6.07, 6.45) is -0.878. The highest BCUT2D eigenvalue weighted by Gasteiger charge is 2.32. The molecule has 1 atom stereocenters. The molecular weight excluding hydrogens is 421 g/mol. The molecule has 2 amide bonds. The number of benzene rings is 1. The van der Waals surface area contributed by atoms with Crippen molar-refractivity contribution in [2.75, 3.05) is 45.0 Å². The first-order valence-corrected chi connectivity index (χ1v) is 10.2. The number of hydrogen-bond acceptors (Lipinski definition) is 6. The Bertz CT molecular complexity index is 953. The molecule has 3 rings (SSSR count). The summed E-state index contributed by atoms with van der Waals surface area (Å²) in [5, 5.41) is 12.4. The Morgan fingerprint density at radius 1 is 1.28 bits per heavy atom. The third-order valence-electron chi connectivity index (χ3n) is 4.90. The van der Waals surface area contributed by atoms with E-state index in [1.54, 1.807) is 32.2 Å². The fourth-order valence-corrected chi connectivity index (χ4v) is 3.33. The summed E-state index contributed by atoms with van der Waals surface area (Å²) in [6, 6.07) is 7.05. The number of aromatic nitrogens is 1. The number of carbonyl (C=O) groups is 2. The van der Waals surface area contributed by atoms with Crippen LogP contribution in [0.25, 0.3) is 0 Å². The van der Waals surface area contributed by atoms with E-state index in [1.807, 2.05) is 0 Å². The Labute approximate surface area is 185 Å². The summed E-state index contributed by atoms with van der Waals surface area (Å²) < 4.78 is 29.2. The van der Waals surface area contributed by atoms with Crippen molar-refractivity contribution in [1.29, 1.82) is 0 Å². The average Bonchev–Trinajstić information content (AvgIpc) is 2.76. The van der Waals surface area contributed by atoms with Crippen molar-refractivity contribution in [3.8, 4) is 5.88 Å². The Hall–Kier alpha value is -3.24. The molecule has 0 fully saturated rings. The number of ether oxygens (including phenoxy) is 3. The number of methoxy groups -OCH3 is 1. The molecule has 0 bridgehead atoms. The van der Waals surface area contributed by atoms with Gasteiger partial charge in [-0.1, -0.05) is 12.1 Å². The molecular formula is C22H26FN3O6. The Morgan fingerprint density at radius 3 is 2.72 bits per heavy atom. The number of pyridine rings is 1. The molecule has 0 saturated carbocycles. The summed E-state index contributed by atoms with van der Waals surface area (Å²) in [7, 11) is 1.57. The minimum atomic E-state index is -1.14. The molecule has 0 aliphatic carbocycles. The van der Waals surface area contributed by atoms with Crippen LogP contribution in [-0.2, 0) is 15.9 Å². The number of anilines is 1. The predicted octanol–water partition coefficient (Wildman–Crippen LogP) is 2.47. The normalized spacial score (nSPS) is 15.1. The van der Waals surface area contributed by atoms with Gasteiger partial charge >= 0.3 is 6.09 Å². The number of rotatable bonds is 9. The van der Waals surface area contributed by atoms with Crippen molar-refractivity contribution >= 4 is 17.7 Å². The van der Waals surface area contributed by atoms with Crippen LogP contribution in [0, 0.1) is 5.82 Å². The fourth-order valence-electron chi connectivity index (χ4n) is 3.33. The molecule has 0 radical (unpaired) electrons. The number of fused-ring (bicyclic) bond motifs is 1. The zero-order valence-electron chi connectivity index (χ0n) is 18.0. The Kier molecular flexibility index (Phi) is 7.96. The molecule has 1 aliphatic heterocycles. The zero-order chi connectivity index (χ0) is 23.1. The smallest absolute Gasteiger partial charge is 0.412 e. The number of carboxylic acid groups (broad SMARTS) is 1. The van der Waals surface area contributed by atoms with Gasteiger partial charge in [-0.15, -0.1) is 0 Å². The molecule has 2 heterocycles. The van der Waals surface area contributed by atoms with E-state index in [2.05, 4.69) is 10.3 Å². The van der Waals surface area contributed by atoms with E-state index in [1.165, 1.54) is 17.0 Å². The molecule has 32 heavy (non-hydrogen) atoms. The van der Waals surface area contributed by atoms with Gasteiger partial charge in [0.2, 0.25) is 5.88 Å². The van der Waals surface area contributed by atoms with E-state index in [0.29, 0.717) is 25.4 Å². The number of carbonyl (C=O) groups excluding carboxylic acids is 1. The fraction of sp³-hybridized carbons (Fsp3) is 0.409. The number of halogens is 1. The van der Waals surface area contributed by atoms with Gasteiger partial charge in [-0.25, -0.2) is 14.2 Å². The summed E-state index contributed by atoms with van der Waals surface area (Å²) in [5.74, 6) is -0.734. The molecule has 1 aromatic heterocycles. The molecule has 2 N–H and O–H groups in total. The second-order valence-electron chi connectivity index (χ2n) is 7.30. The summed E-state index contributed by atoms with van der Waals surface area (Å²) in [6.45, 7) is 3.28. The highest BCUT2D eigenvalue weighted by molar-refractivity contribution is 5.96. The monoisotopic (exact) mass is 447 g/mol. The lowest BCUT2D eigenvalue weighted by Gasteiger charge is -2.32. The number of nitrogens with one attached hydrogen (secondary N) is 1. The van der Waals surface area contributed by atoms with Crippen molar-refractivity contribution in [2.24, 2.45) is 0 Å². The second-order valence-corrected chi connectivity index (χ2v) is 7.30. The SMILES string of the molecule is COCCOCCNC(=O)c1nc2c(cc1Cc1ccc(F)cc1)N(C(=O)O)C(C)CO2. The maximum atomic E-state index is 13.3. The van der Waals surface area contributed by atoms with Crippen molar-refractivity contribution in [2.45, 2.75) is 19.4 Å². The van der Waals surface area contributed by atoms with Crippen molar-refractivity contribution < 1.29 is 33.3 Å². The van der Waals surface area contributed by atoms with Gasteiger partial charge in [0.15, 0.2) is 0 Å². The van der Waals surface area contributed by atoms with E-state index in [9.17, 15) is 19.1 Å². The van der Waals surface area contributed by atoms with Gasteiger partial charge in [-0.3, -0.25) is 9.69 Å². The van der Waals surface area contributed by atoms with Gasteiger partial charge < -0.3 is 24.6 Å². The highest BCUT2D eigenvalue weighted by atomic mass is 19.1. The third-order valence-corrected chi connectivity index (χ3v) is 4.90. The average molecular weight is 447 g/mol. The van der Waals surface area contributed by atoms with E-state index in [-0.39, 0.29) is 42.7 Å². The van der Waals surface area contributed by atoms with E-state index in [4.69, 9.17) is 14.2 Å².